The molecule has 25 heavy (non-hydrogen) atoms. The molecule has 0 aliphatic rings. The Labute approximate surface area is 150 Å². The fourth-order valence-corrected chi connectivity index (χ4v) is 2.05. The molecule has 5 heteroatoms. The zero-order valence-electron chi connectivity index (χ0n) is 14.8. The van der Waals surface area contributed by atoms with Gasteiger partial charge in [0.05, 0.1) is 12.2 Å². The van der Waals surface area contributed by atoms with Crippen molar-refractivity contribution in [1.29, 1.82) is 0 Å². The maximum atomic E-state index is 10.2. The van der Waals surface area contributed by atoms with Crippen molar-refractivity contribution in [1.82, 2.24) is 0 Å². The third-order valence-corrected chi connectivity index (χ3v) is 3.45. The number of carbonyl (C=O) groups is 1. The van der Waals surface area contributed by atoms with E-state index in [1.165, 1.54) is 0 Å². The lowest BCUT2D eigenvalue weighted by atomic mass is 10.1. The van der Waals surface area contributed by atoms with E-state index in [9.17, 15) is 20.1 Å². The number of aliphatic hydroxyl groups excluding tert-OH is 3. The number of carboxylic acids is 1. The Bertz CT molecular complexity index is 437. The maximum absolute atomic E-state index is 10.2. The highest BCUT2D eigenvalue weighted by molar-refractivity contribution is 5.64. The largest absolute Gasteiger partial charge is 0.550 e. The smallest absolute Gasteiger partial charge is 0.0758 e. The highest BCUT2D eigenvalue weighted by Crippen LogP contribution is 2.03. The summed E-state index contributed by atoms with van der Waals surface area (Å²) in [5, 5.41) is 38.2. The number of aliphatic hydroxyl groups is 3. The van der Waals surface area contributed by atoms with Crippen LogP contribution in [0.5, 0.6) is 0 Å². The van der Waals surface area contributed by atoms with E-state index < -0.39 is 18.2 Å². The molecule has 0 amide bonds. The van der Waals surface area contributed by atoms with Gasteiger partial charge < -0.3 is 25.2 Å². The van der Waals surface area contributed by atoms with Crippen LogP contribution in [0.3, 0.4) is 0 Å². The van der Waals surface area contributed by atoms with Crippen LogP contribution < -0.4 is 5.11 Å². The van der Waals surface area contributed by atoms with E-state index in [1.807, 2.05) is 6.08 Å². The highest BCUT2D eigenvalue weighted by Gasteiger charge is 1.97. The van der Waals surface area contributed by atoms with Crippen molar-refractivity contribution in [3.8, 4) is 0 Å². The molecule has 0 aliphatic carbocycles. The van der Waals surface area contributed by atoms with Gasteiger partial charge in [-0.1, -0.05) is 55.0 Å². The summed E-state index contributed by atoms with van der Waals surface area (Å²) >= 11 is 0. The van der Waals surface area contributed by atoms with Crippen molar-refractivity contribution in [3.63, 3.8) is 0 Å². The zero-order valence-corrected chi connectivity index (χ0v) is 14.8. The average molecular weight is 351 g/mol. The Kier molecular flexibility index (Phi) is 16.0. The lowest BCUT2D eigenvalue weighted by Crippen LogP contribution is -2.22. The molecule has 0 bridgehead atoms. The van der Waals surface area contributed by atoms with E-state index in [0.717, 1.165) is 25.7 Å². The first kappa shape index (κ1) is 23.3. The van der Waals surface area contributed by atoms with E-state index in [4.69, 9.17) is 5.11 Å². The average Bonchev–Trinajstić information content (AvgIpc) is 2.56. The van der Waals surface area contributed by atoms with E-state index in [0.29, 0.717) is 19.3 Å². The van der Waals surface area contributed by atoms with Crippen molar-refractivity contribution in [3.05, 3.63) is 48.6 Å². The first-order valence-electron chi connectivity index (χ1n) is 8.89. The van der Waals surface area contributed by atoms with Gasteiger partial charge in [-0.3, -0.25) is 0 Å². The van der Waals surface area contributed by atoms with Crippen molar-refractivity contribution < 1.29 is 25.2 Å². The molecule has 0 aliphatic heterocycles. The van der Waals surface area contributed by atoms with E-state index >= 15 is 0 Å². The van der Waals surface area contributed by atoms with Crippen LogP contribution in [0.15, 0.2) is 48.6 Å². The number of aliphatic carboxylic acids is 1. The lowest BCUT2D eigenvalue weighted by Gasteiger charge is -2.04. The lowest BCUT2D eigenvalue weighted by molar-refractivity contribution is -0.305. The second-order valence-electron chi connectivity index (χ2n) is 5.83. The minimum absolute atomic E-state index is 0.0432. The standard InChI is InChI=1S/C20H32O5/c21-17-10-6-2-1-3-7-12-18(22)13-8-4-5-9-14-19(23)15-11-16-20(24)25/h3-5,7-9,13-14,18-19,21-23H,1-2,6,10-12,15-17H2,(H,24,25)/p-1/b5-4+,7-3-,13-8+,14-9-/t18-,19-/m1/s1. The van der Waals surface area contributed by atoms with Gasteiger partial charge in [-0.15, -0.1) is 0 Å². The summed E-state index contributed by atoms with van der Waals surface area (Å²) in [6, 6.07) is 0. The van der Waals surface area contributed by atoms with Gasteiger partial charge in [-0.25, -0.2) is 0 Å². The van der Waals surface area contributed by atoms with Gasteiger partial charge in [0, 0.05) is 12.6 Å². The molecule has 0 aromatic carbocycles. The molecule has 0 spiro atoms. The van der Waals surface area contributed by atoms with Crippen molar-refractivity contribution in [2.75, 3.05) is 6.61 Å². The second kappa shape index (κ2) is 17.1. The highest BCUT2D eigenvalue weighted by atomic mass is 16.4. The van der Waals surface area contributed by atoms with E-state index in [2.05, 4.69) is 6.08 Å². The fraction of sp³-hybridized carbons (Fsp3) is 0.550. The van der Waals surface area contributed by atoms with E-state index in [-0.39, 0.29) is 13.0 Å². The minimum Gasteiger partial charge on any atom is -0.550 e. The molecule has 0 saturated carbocycles. The molecule has 0 aromatic heterocycles. The van der Waals surface area contributed by atoms with Gasteiger partial charge >= 0.3 is 0 Å². The van der Waals surface area contributed by atoms with Crippen LogP contribution in [-0.2, 0) is 4.79 Å². The number of carbonyl (C=O) groups excluding carboxylic acids is 1. The van der Waals surface area contributed by atoms with Gasteiger partial charge in [-0.05, 0) is 44.9 Å². The SMILES string of the molecule is O=C([O-])CCC[C@H](O)\C=C/C=C/C=C/[C@H](O)C/C=C\CCCCCO. The molecule has 2 atom stereocenters. The van der Waals surface area contributed by atoms with Crippen LogP contribution in [0, 0.1) is 0 Å². The quantitative estimate of drug-likeness (QED) is 0.237. The molecule has 0 rings (SSSR count). The summed E-state index contributed by atoms with van der Waals surface area (Å²) in [5.74, 6) is -1.10. The van der Waals surface area contributed by atoms with Gasteiger partial charge in [0.1, 0.15) is 0 Å². The molecule has 0 saturated heterocycles. The monoisotopic (exact) mass is 351 g/mol. The van der Waals surface area contributed by atoms with Crippen LogP contribution >= 0.6 is 0 Å². The number of carboxylic acid groups (broad SMARTS) is 1. The Morgan fingerprint density at radius 2 is 1.56 bits per heavy atom. The first-order chi connectivity index (χ1) is 12.1. The van der Waals surface area contributed by atoms with Crippen LogP contribution in [-0.4, -0.2) is 40.1 Å². The predicted octanol–water partition coefficient (Wildman–Crippen LogP) is 1.80. The summed E-state index contributed by atoms with van der Waals surface area (Å²) in [7, 11) is 0. The summed E-state index contributed by atoms with van der Waals surface area (Å²) in [4.78, 5) is 10.2. The number of rotatable bonds is 15. The molecule has 0 fully saturated rings. The fourth-order valence-electron chi connectivity index (χ4n) is 2.05. The van der Waals surface area contributed by atoms with Crippen molar-refractivity contribution >= 4 is 5.97 Å². The summed E-state index contributed by atoms with van der Waals surface area (Å²) in [6.45, 7) is 0.247. The summed E-state index contributed by atoms with van der Waals surface area (Å²) in [6.07, 6.45) is 18.2. The van der Waals surface area contributed by atoms with E-state index in [1.54, 1.807) is 36.5 Å². The molecule has 0 unspecified atom stereocenters. The third kappa shape index (κ3) is 18.5. The Morgan fingerprint density at radius 1 is 0.880 bits per heavy atom. The Morgan fingerprint density at radius 3 is 2.20 bits per heavy atom. The third-order valence-electron chi connectivity index (χ3n) is 3.45. The van der Waals surface area contributed by atoms with Gasteiger partial charge in [0.15, 0.2) is 0 Å². The van der Waals surface area contributed by atoms with Crippen LogP contribution in [0.25, 0.3) is 0 Å². The Balaban J connectivity index is 3.79. The summed E-state index contributed by atoms with van der Waals surface area (Å²) < 4.78 is 0. The van der Waals surface area contributed by atoms with Crippen LogP contribution in [0.2, 0.25) is 0 Å². The number of allylic oxidation sites excluding steroid dienone is 5. The first-order valence-corrected chi connectivity index (χ1v) is 8.89. The molecule has 0 aromatic rings. The molecular weight excluding hydrogens is 320 g/mol. The molecule has 142 valence electrons. The predicted molar refractivity (Wildman–Crippen MR) is 97.6 cm³/mol. The van der Waals surface area contributed by atoms with Crippen LogP contribution in [0.4, 0.5) is 0 Å². The van der Waals surface area contributed by atoms with Crippen molar-refractivity contribution in [2.45, 2.75) is 63.6 Å². The molecule has 3 N–H and O–H groups in total. The summed E-state index contributed by atoms with van der Waals surface area (Å²) in [5.41, 5.74) is 0. The van der Waals surface area contributed by atoms with Gasteiger partial charge in [0.25, 0.3) is 0 Å². The molecule has 5 nitrogen and oxygen atoms in total. The normalized spacial score (nSPS) is 15.0. The molecular formula is C20H31O5-. The van der Waals surface area contributed by atoms with Crippen LogP contribution in [0.1, 0.15) is 51.4 Å². The number of unbranched alkanes of at least 4 members (excludes halogenated alkanes) is 3. The molecule has 0 heterocycles. The minimum atomic E-state index is -1.10. The molecule has 0 radical (unpaired) electrons. The Hall–Kier alpha value is -1.69. The van der Waals surface area contributed by atoms with Crippen molar-refractivity contribution in [2.24, 2.45) is 0 Å². The second-order valence-corrected chi connectivity index (χ2v) is 5.83. The van der Waals surface area contributed by atoms with Gasteiger partial charge in [-0.2, -0.15) is 0 Å². The number of hydrogen-bond donors (Lipinski definition) is 3. The topological polar surface area (TPSA) is 101 Å². The van der Waals surface area contributed by atoms with Gasteiger partial charge in [0.2, 0.25) is 0 Å². The number of hydrogen-bond acceptors (Lipinski definition) is 5. The zero-order chi connectivity index (χ0) is 18.8. The maximum Gasteiger partial charge on any atom is 0.0758 e.